The molecule has 0 saturated heterocycles. The van der Waals surface area contributed by atoms with E-state index in [1.807, 2.05) is 24.3 Å². The van der Waals surface area contributed by atoms with Crippen molar-refractivity contribution in [2.75, 3.05) is 37.3 Å². The van der Waals surface area contributed by atoms with E-state index in [9.17, 15) is 4.79 Å². The lowest BCUT2D eigenvalue weighted by molar-refractivity contribution is 0.348. The molecule has 0 spiro atoms. The lowest BCUT2D eigenvalue weighted by Crippen LogP contribution is -2.25. The largest absolute Gasteiger partial charge is 0.384 e. The van der Waals surface area contributed by atoms with Crippen LogP contribution in [0, 0.1) is 0 Å². The summed E-state index contributed by atoms with van der Waals surface area (Å²) in [5.41, 5.74) is 3.14. The van der Waals surface area contributed by atoms with Crippen LogP contribution < -0.4 is 16.3 Å². The molecule has 2 heterocycles. The number of hydrogen-bond donors (Lipinski definition) is 3. The van der Waals surface area contributed by atoms with Gasteiger partial charge in [0.2, 0.25) is 5.95 Å². The number of nitrogens with one attached hydrogen (secondary N) is 3. The van der Waals surface area contributed by atoms with Gasteiger partial charge in [0.15, 0.2) is 5.65 Å². The van der Waals surface area contributed by atoms with Gasteiger partial charge in [0.25, 0.3) is 0 Å². The molecule has 3 aromatic rings. The monoisotopic (exact) mass is 411 g/mol. The Bertz CT molecular complexity index is 989. The summed E-state index contributed by atoms with van der Waals surface area (Å²) in [4.78, 5) is 26.5. The van der Waals surface area contributed by atoms with Gasteiger partial charge in [-0.1, -0.05) is 20.8 Å². The minimum absolute atomic E-state index is 0.121. The highest BCUT2D eigenvalue weighted by molar-refractivity contribution is 5.72. The van der Waals surface area contributed by atoms with Crippen molar-refractivity contribution in [1.29, 1.82) is 0 Å². The van der Waals surface area contributed by atoms with Crippen molar-refractivity contribution >= 4 is 28.5 Å². The lowest BCUT2D eigenvalue weighted by atomic mass is 10.2. The van der Waals surface area contributed by atoms with Gasteiger partial charge in [-0.25, -0.2) is 9.78 Å². The van der Waals surface area contributed by atoms with Crippen molar-refractivity contribution in [2.45, 2.75) is 46.1 Å². The Kier molecular flexibility index (Phi) is 7.46. The maximum Gasteiger partial charge on any atom is 0.327 e. The Balaban J connectivity index is 1.69. The minimum Gasteiger partial charge on any atom is -0.384 e. The van der Waals surface area contributed by atoms with Crippen LogP contribution in [0.25, 0.3) is 11.2 Å². The zero-order chi connectivity index (χ0) is 21.5. The Morgan fingerprint density at radius 1 is 1.10 bits per heavy atom. The van der Waals surface area contributed by atoms with Crippen LogP contribution in [0.4, 0.5) is 17.3 Å². The number of H-pyrrole nitrogens is 1. The number of likely N-dealkylation sites (N-methyl/N-ethyl adjacent to an activating group) is 1. The third kappa shape index (κ3) is 5.18. The van der Waals surface area contributed by atoms with Gasteiger partial charge in [-0.2, -0.15) is 4.98 Å². The second kappa shape index (κ2) is 10.2. The molecule has 0 fully saturated rings. The fourth-order valence-electron chi connectivity index (χ4n) is 3.65. The molecule has 0 unspecified atom stereocenters. The van der Waals surface area contributed by atoms with Crippen molar-refractivity contribution in [2.24, 2.45) is 0 Å². The second-order valence-corrected chi connectivity index (χ2v) is 7.63. The third-order valence-electron chi connectivity index (χ3n) is 5.33. The van der Waals surface area contributed by atoms with Gasteiger partial charge >= 0.3 is 5.69 Å². The van der Waals surface area contributed by atoms with E-state index in [-0.39, 0.29) is 11.7 Å². The van der Waals surface area contributed by atoms with Crippen LogP contribution in [0.15, 0.2) is 35.3 Å². The lowest BCUT2D eigenvalue weighted by Gasteiger charge is -2.16. The van der Waals surface area contributed by atoms with E-state index in [1.54, 1.807) is 10.8 Å². The van der Waals surface area contributed by atoms with Gasteiger partial charge in [0.1, 0.15) is 5.52 Å². The van der Waals surface area contributed by atoms with E-state index in [0.29, 0.717) is 17.1 Å². The molecule has 0 saturated carbocycles. The molecule has 0 amide bonds. The first-order valence-corrected chi connectivity index (χ1v) is 10.8. The summed E-state index contributed by atoms with van der Waals surface area (Å²) < 4.78 is 1.74. The van der Waals surface area contributed by atoms with E-state index in [4.69, 9.17) is 0 Å². The first kappa shape index (κ1) is 21.8. The number of fused-ring (bicyclic) bond motifs is 1. The van der Waals surface area contributed by atoms with Gasteiger partial charge in [-0.05, 0) is 57.1 Å². The first-order chi connectivity index (χ1) is 14.5. The van der Waals surface area contributed by atoms with E-state index < -0.39 is 0 Å². The summed E-state index contributed by atoms with van der Waals surface area (Å²) in [6, 6.07) is 8.19. The average molecular weight is 412 g/mol. The summed E-state index contributed by atoms with van der Waals surface area (Å²) in [5, 5.41) is 6.68. The average Bonchev–Trinajstić information content (AvgIpc) is 3.06. The minimum atomic E-state index is -0.134. The molecule has 2 aromatic heterocycles. The molecule has 8 heteroatoms. The molecule has 0 aliphatic heterocycles. The quantitative estimate of drug-likeness (QED) is 0.442. The number of benzene rings is 1. The maximum absolute atomic E-state index is 12.4. The highest BCUT2D eigenvalue weighted by Gasteiger charge is 2.16. The Morgan fingerprint density at radius 2 is 1.80 bits per heavy atom. The summed E-state index contributed by atoms with van der Waals surface area (Å²) in [6.45, 7) is 9.38. The van der Waals surface area contributed by atoms with Crippen LogP contribution in [-0.4, -0.2) is 51.1 Å². The predicted molar refractivity (Wildman–Crippen MR) is 124 cm³/mol. The number of rotatable bonds is 11. The highest BCUT2D eigenvalue weighted by Crippen LogP contribution is 2.21. The summed E-state index contributed by atoms with van der Waals surface area (Å²) in [7, 11) is 2.14. The number of anilines is 3. The van der Waals surface area contributed by atoms with Crippen molar-refractivity contribution < 1.29 is 0 Å². The fourth-order valence-corrected chi connectivity index (χ4v) is 3.65. The van der Waals surface area contributed by atoms with E-state index in [1.165, 1.54) is 6.42 Å². The van der Waals surface area contributed by atoms with Crippen LogP contribution in [0.2, 0.25) is 0 Å². The first-order valence-electron chi connectivity index (χ1n) is 10.8. The highest BCUT2D eigenvalue weighted by atomic mass is 16.1. The van der Waals surface area contributed by atoms with Crippen LogP contribution in [0.3, 0.4) is 0 Å². The topological polar surface area (TPSA) is 90.9 Å². The van der Waals surface area contributed by atoms with Crippen LogP contribution >= 0.6 is 0 Å². The molecule has 3 N–H and O–H groups in total. The summed E-state index contributed by atoms with van der Waals surface area (Å²) >= 11 is 0. The fraction of sp³-hybridized carbons (Fsp3) is 0.500. The Labute approximate surface area is 177 Å². The Hall–Kier alpha value is -2.87. The SMILES string of the molecule is CCCN(C)CCNc1ccc(Nc2ncc3[nH]c(=O)n(C(CC)CC)c3n2)cc1. The normalized spacial score (nSPS) is 11.5. The second-order valence-electron chi connectivity index (χ2n) is 7.63. The molecule has 162 valence electrons. The predicted octanol–water partition coefficient (Wildman–Crippen LogP) is 3.98. The standard InChI is InChI=1S/C22H33N7O/c1-5-13-28(4)14-12-23-16-8-10-17(11-9-16)25-21-24-15-19-20(27-21)29(22(30)26-19)18(6-2)7-3/h8-11,15,18,23H,5-7,12-14H2,1-4H3,(H,26,30)(H,24,25,27). The van der Waals surface area contributed by atoms with Crippen molar-refractivity contribution in [3.05, 3.63) is 40.9 Å². The molecule has 8 nitrogen and oxygen atoms in total. The van der Waals surface area contributed by atoms with Crippen LogP contribution in [0.5, 0.6) is 0 Å². The molecule has 0 aliphatic carbocycles. The molecule has 0 aliphatic rings. The van der Waals surface area contributed by atoms with Crippen molar-refractivity contribution in [3.8, 4) is 0 Å². The van der Waals surface area contributed by atoms with Gasteiger partial charge in [0, 0.05) is 30.5 Å². The number of nitrogens with zero attached hydrogens (tertiary/aromatic N) is 4. The molecular formula is C22H33N7O. The van der Waals surface area contributed by atoms with Gasteiger partial charge in [-0.3, -0.25) is 4.57 Å². The zero-order valence-electron chi connectivity index (χ0n) is 18.4. The van der Waals surface area contributed by atoms with Gasteiger partial charge in [0.05, 0.1) is 6.20 Å². The molecule has 0 bridgehead atoms. The Morgan fingerprint density at radius 3 is 2.47 bits per heavy atom. The van der Waals surface area contributed by atoms with E-state index in [0.717, 1.165) is 43.9 Å². The zero-order valence-corrected chi connectivity index (χ0v) is 18.4. The van der Waals surface area contributed by atoms with Crippen molar-refractivity contribution in [1.82, 2.24) is 24.4 Å². The molecule has 0 atom stereocenters. The molecule has 30 heavy (non-hydrogen) atoms. The molecular weight excluding hydrogens is 378 g/mol. The van der Waals surface area contributed by atoms with Crippen LogP contribution in [-0.2, 0) is 0 Å². The number of hydrogen-bond acceptors (Lipinski definition) is 6. The smallest absolute Gasteiger partial charge is 0.327 e. The van der Waals surface area contributed by atoms with E-state index >= 15 is 0 Å². The molecule has 1 aromatic carbocycles. The summed E-state index contributed by atoms with van der Waals surface area (Å²) in [5.74, 6) is 0.475. The van der Waals surface area contributed by atoms with Crippen LogP contribution in [0.1, 0.15) is 46.1 Å². The number of aromatic amines is 1. The van der Waals surface area contributed by atoms with Gasteiger partial charge < -0.3 is 20.5 Å². The third-order valence-corrected chi connectivity index (χ3v) is 5.33. The van der Waals surface area contributed by atoms with Gasteiger partial charge in [-0.15, -0.1) is 0 Å². The number of imidazole rings is 1. The molecule has 0 radical (unpaired) electrons. The molecule has 3 rings (SSSR count). The summed E-state index contributed by atoms with van der Waals surface area (Å²) in [6.07, 6.45) is 4.58. The van der Waals surface area contributed by atoms with Crippen molar-refractivity contribution in [3.63, 3.8) is 0 Å². The van der Waals surface area contributed by atoms with E-state index in [2.05, 4.69) is 58.3 Å². The number of aromatic nitrogens is 4. The maximum atomic E-state index is 12.4.